The van der Waals surface area contributed by atoms with Gasteiger partial charge in [-0.3, -0.25) is 4.79 Å². The second-order valence-corrected chi connectivity index (χ2v) is 5.60. The molecular weight excluding hydrogens is 349 g/mol. The Balaban J connectivity index is 1.99. The van der Waals surface area contributed by atoms with Gasteiger partial charge in [-0.2, -0.15) is 0 Å². The molecule has 0 saturated heterocycles. The molecule has 0 aliphatic rings. The predicted octanol–water partition coefficient (Wildman–Crippen LogP) is 3.61. The first-order valence-corrected chi connectivity index (χ1v) is 7.30. The Hall–Kier alpha value is -1.36. The summed E-state index contributed by atoms with van der Waals surface area (Å²) in [7, 11) is 1.86. The van der Waals surface area contributed by atoms with Crippen LogP contribution in [-0.2, 0) is 6.42 Å². The number of rotatable bonds is 4. The molecular formula is C16H16INO. The van der Waals surface area contributed by atoms with Crippen LogP contribution in [0.2, 0.25) is 0 Å². The third kappa shape index (κ3) is 3.80. The topological polar surface area (TPSA) is 20.3 Å². The lowest BCUT2D eigenvalue weighted by molar-refractivity contribution is 0.0795. The summed E-state index contributed by atoms with van der Waals surface area (Å²) in [5.74, 6) is 0.0842. The first-order chi connectivity index (χ1) is 9.18. The first kappa shape index (κ1) is 14.1. The number of likely N-dealkylation sites (N-methyl/N-ethyl adjacent to an activating group) is 1. The Bertz CT molecular complexity index is 554. The lowest BCUT2D eigenvalue weighted by Crippen LogP contribution is -2.29. The Morgan fingerprint density at radius 2 is 1.68 bits per heavy atom. The van der Waals surface area contributed by atoms with Gasteiger partial charge in [-0.05, 0) is 46.7 Å². The van der Waals surface area contributed by atoms with Gasteiger partial charge < -0.3 is 4.90 Å². The molecule has 0 unspecified atom stereocenters. The lowest BCUT2D eigenvalue weighted by atomic mass is 10.1. The predicted molar refractivity (Wildman–Crippen MR) is 86.3 cm³/mol. The second-order valence-electron chi connectivity index (χ2n) is 4.44. The van der Waals surface area contributed by atoms with Gasteiger partial charge in [0.1, 0.15) is 0 Å². The van der Waals surface area contributed by atoms with Gasteiger partial charge >= 0.3 is 0 Å². The highest BCUT2D eigenvalue weighted by Crippen LogP contribution is 2.13. The molecule has 0 saturated carbocycles. The quantitative estimate of drug-likeness (QED) is 0.759. The largest absolute Gasteiger partial charge is 0.341 e. The molecule has 0 fully saturated rings. The molecule has 3 heteroatoms. The minimum atomic E-state index is 0.0842. The van der Waals surface area contributed by atoms with Gasteiger partial charge in [0.15, 0.2) is 0 Å². The van der Waals surface area contributed by atoms with Crippen LogP contribution in [0.4, 0.5) is 0 Å². The monoisotopic (exact) mass is 365 g/mol. The van der Waals surface area contributed by atoms with Crippen LogP contribution in [0.25, 0.3) is 0 Å². The number of hydrogen-bond acceptors (Lipinski definition) is 1. The molecule has 1 amide bonds. The maximum atomic E-state index is 12.3. The van der Waals surface area contributed by atoms with Crippen LogP contribution in [-0.4, -0.2) is 24.4 Å². The Kier molecular flexibility index (Phi) is 4.96. The SMILES string of the molecule is CN(CCc1ccccc1)C(=O)c1ccccc1I. The molecule has 0 heterocycles. The molecule has 0 spiro atoms. The Morgan fingerprint density at radius 1 is 1.05 bits per heavy atom. The molecule has 2 nitrogen and oxygen atoms in total. The van der Waals surface area contributed by atoms with Crippen molar-refractivity contribution in [2.45, 2.75) is 6.42 Å². The molecule has 2 aromatic carbocycles. The maximum absolute atomic E-state index is 12.3. The van der Waals surface area contributed by atoms with Crippen molar-refractivity contribution in [1.82, 2.24) is 4.90 Å². The van der Waals surface area contributed by atoms with Crippen molar-refractivity contribution < 1.29 is 4.79 Å². The first-order valence-electron chi connectivity index (χ1n) is 6.22. The highest BCUT2D eigenvalue weighted by molar-refractivity contribution is 14.1. The highest BCUT2D eigenvalue weighted by Gasteiger charge is 2.13. The normalized spacial score (nSPS) is 10.2. The third-order valence-electron chi connectivity index (χ3n) is 3.03. The summed E-state index contributed by atoms with van der Waals surface area (Å²) in [4.78, 5) is 14.1. The number of carbonyl (C=O) groups excluding carboxylic acids is 1. The second kappa shape index (κ2) is 6.70. The molecule has 2 rings (SSSR count). The molecule has 0 radical (unpaired) electrons. The summed E-state index contributed by atoms with van der Waals surface area (Å²) in [6, 6.07) is 17.9. The van der Waals surface area contributed by atoms with Crippen LogP contribution in [0.5, 0.6) is 0 Å². The summed E-state index contributed by atoms with van der Waals surface area (Å²) < 4.78 is 0.997. The number of nitrogens with zero attached hydrogens (tertiary/aromatic N) is 1. The summed E-state index contributed by atoms with van der Waals surface area (Å²) >= 11 is 2.20. The van der Waals surface area contributed by atoms with E-state index in [-0.39, 0.29) is 5.91 Å². The van der Waals surface area contributed by atoms with Gasteiger partial charge in [0.2, 0.25) is 0 Å². The van der Waals surface area contributed by atoms with Crippen LogP contribution < -0.4 is 0 Å². The van der Waals surface area contributed by atoms with E-state index in [1.54, 1.807) is 4.90 Å². The van der Waals surface area contributed by atoms with E-state index in [0.29, 0.717) is 0 Å². The fraction of sp³-hybridized carbons (Fsp3) is 0.188. The van der Waals surface area contributed by atoms with E-state index in [4.69, 9.17) is 0 Å². The van der Waals surface area contributed by atoms with E-state index < -0.39 is 0 Å². The van der Waals surface area contributed by atoms with Crippen LogP contribution in [0.3, 0.4) is 0 Å². The summed E-state index contributed by atoms with van der Waals surface area (Å²) in [6.07, 6.45) is 0.881. The molecule has 0 aliphatic carbocycles. The average Bonchev–Trinajstić information content (AvgIpc) is 2.45. The van der Waals surface area contributed by atoms with Gasteiger partial charge in [-0.15, -0.1) is 0 Å². The van der Waals surface area contributed by atoms with Crippen molar-refractivity contribution >= 4 is 28.5 Å². The minimum absolute atomic E-state index is 0.0842. The number of halogens is 1. The fourth-order valence-electron chi connectivity index (χ4n) is 1.88. The zero-order valence-corrected chi connectivity index (χ0v) is 13.0. The van der Waals surface area contributed by atoms with Gasteiger partial charge in [0.25, 0.3) is 5.91 Å². The number of benzene rings is 2. The molecule has 0 atom stereocenters. The molecule has 19 heavy (non-hydrogen) atoms. The zero-order valence-electron chi connectivity index (χ0n) is 10.8. The molecule has 0 N–H and O–H groups in total. The Labute approximate surface area is 127 Å². The van der Waals surface area contributed by atoms with E-state index in [9.17, 15) is 4.79 Å². The van der Waals surface area contributed by atoms with Gasteiger partial charge in [0, 0.05) is 17.2 Å². The van der Waals surface area contributed by atoms with E-state index in [2.05, 4.69) is 34.7 Å². The number of hydrogen-bond donors (Lipinski definition) is 0. The van der Waals surface area contributed by atoms with E-state index in [1.165, 1.54) is 5.56 Å². The van der Waals surface area contributed by atoms with Crippen LogP contribution in [0, 0.1) is 3.57 Å². The number of carbonyl (C=O) groups is 1. The van der Waals surface area contributed by atoms with E-state index >= 15 is 0 Å². The Morgan fingerprint density at radius 3 is 2.37 bits per heavy atom. The maximum Gasteiger partial charge on any atom is 0.254 e. The standard InChI is InChI=1S/C16H16INO/c1-18(12-11-13-7-3-2-4-8-13)16(19)14-9-5-6-10-15(14)17/h2-10H,11-12H2,1H3. The average molecular weight is 365 g/mol. The van der Waals surface area contributed by atoms with E-state index in [0.717, 1.165) is 22.1 Å². The van der Waals surface area contributed by atoms with Crippen LogP contribution in [0.1, 0.15) is 15.9 Å². The van der Waals surface area contributed by atoms with Crippen molar-refractivity contribution in [3.8, 4) is 0 Å². The molecule has 0 aliphatic heterocycles. The van der Waals surface area contributed by atoms with Crippen molar-refractivity contribution in [2.75, 3.05) is 13.6 Å². The van der Waals surface area contributed by atoms with Gasteiger partial charge in [0.05, 0.1) is 5.56 Å². The zero-order chi connectivity index (χ0) is 13.7. The summed E-state index contributed by atoms with van der Waals surface area (Å²) in [6.45, 7) is 0.730. The minimum Gasteiger partial charge on any atom is -0.341 e. The van der Waals surface area contributed by atoms with Crippen LogP contribution in [0.15, 0.2) is 54.6 Å². The highest BCUT2D eigenvalue weighted by atomic mass is 127. The van der Waals surface area contributed by atoms with Crippen molar-refractivity contribution in [3.63, 3.8) is 0 Å². The summed E-state index contributed by atoms with van der Waals surface area (Å²) in [5.41, 5.74) is 2.03. The smallest absolute Gasteiger partial charge is 0.254 e. The van der Waals surface area contributed by atoms with Gasteiger partial charge in [-0.25, -0.2) is 0 Å². The fourth-order valence-corrected chi connectivity index (χ4v) is 2.50. The summed E-state index contributed by atoms with van der Waals surface area (Å²) in [5, 5.41) is 0. The molecule has 98 valence electrons. The third-order valence-corrected chi connectivity index (χ3v) is 3.97. The van der Waals surface area contributed by atoms with Crippen molar-refractivity contribution in [3.05, 3.63) is 69.3 Å². The lowest BCUT2D eigenvalue weighted by Gasteiger charge is -2.18. The van der Waals surface area contributed by atoms with Crippen molar-refractivity contribution in [2.24, 2.45) is 0 Å². The number of amides is 1. The molecule has 0 aromatic heterocycles. The van der Waals surface area contributed by atoms with Gasteiger partial charge in [-0.1, -0.05) is 42.5 Å². The van der Waals surface area contributed by atoms with Crippen LogP contribution >= 0.6 is 22.6 Å². The van der Waals surface area contributed by atoms with Crippen molar-refractivity contribution in [1.29, 1.82) is 0 Å². The van der Waals surface area contributed by atoms with E-state index in [1.807, 2.05) is 49.5 Å². The molecule has 0 bridgehead atoms. The molecule has 2 aromatic rings.